The van der Waals surface area contributed by atoms with Crippen LogP contribution in [0.4, 0.5) is 11.4 Å². The van der Waals surface area contributed by atoms with Crippen LogP contribution in [0, 0.1) is 6.92 Å². The molecule has 0 aliphatic heterocycles. The van der Waals surface area contributed by atoms with Gasteiger partial charge >= 0.3 is 5.97 Å². The number of carbonyl (C=O) groups is 2. The topological polar surface area (TPSA) is 98.1 Å². The first kappa shape index (κ1) is 18.0. The van der Waals surface area contributed by atoms with E-state index in [1.165, 1.54) is 47.4 Å². The number of phenolic OH excluding ortho intramolecular Hbond substituents is 2. The predicted molar refractivity (Wildman–Crippen MR) is 101 cm³/mol. The number of nitrogens with zero attached hydrogens (tertiary/aromatic N) is 1. The van der Waals surface area contributed by atoms with E-state index in [-0.39, 0.29) is 22.6 Å². The molecule has 0 aliphatic carbocycles. The van der Waals surface area contributed by atoms with Gasteiger partial charge in [0, 0.05) is 17.7 Å². The fourth-order valence-electron chi connectivity index (χ4n) is 2.81. The van der Waals surface area contributed by atoms with Crippen molar-refractivity contribution in [3.8, 4) is 11.5 Å². The maximum atomic E-state index is 13.2. The third-order valence-electron chi connectivity index (χ3n) is 4.08. The maximum Gasteiger partial charge on any atom is 0.335 e. The van der Waals surface area contributed by atoms with E-state index in [0.717, 1.165) is 0 Å². The summed E-state index contributed by atoms with van der Waals surface area (Å²) in [6.45, 7) is 1.62. The van der Waals surface area contributed by atoms with Crippen molar-refractivity contribution in [3.05, 3.63) is 83.4 Å². The lowest BCUT2D eigenvalue weighted by atomic mass is 10.0. The largest absolute Gasteiger partial charge is 0.508 e. The van der Waals surface area contributed by atoms with Gasteiger partial charge < -0.3 is 15.3 Å². The summed E-state index contributed by atoms with van der Waals surface area (Å²) in [6, 6.07) is 16.7. The number of hydrogen-bond acceptors (Lipinski definition) is 4. The Kier molecular flexibility index (Phi) is 4.81. The fraction of sp³-hybridized carbons (Fsp3) is 0.0476. The van der Waals surface area contributed by atoms with Gasteiger partial charge in [0.25, 0.3) is 5.91 Å². The number of amides is 1. The average molecular weight is 363 g/mol. The van der Waals surface area contributed by atoms with Crippen molar-refractivity contribution in [2.75, 3.05) is 4.90 Å². The molecule has 0 saturated heterocycles. The number of anilines is 2. The summed E-state index contributed by atoms with van der Waals surface area (Å²) in [6.07, 6.45) is 0. The molecule has 27 heavy (non-hydrogen) atoms. The van der Waals surface area contributed by atoms with E-state index in [1.54, 1.807) is 31.2 Å². The Balaban J connectivity index is 2.11. The van der Waals surface area contributed by atoms with Crippen molar-refractivity contribution in [1.82, 2.24) is 0 Å². The normalized spacial score (nSPS) is 10.4. The molecule has 0 fully saturated rings. The van der Waals surface area contributed by atoms with E-state index in [2.05, 4.69) is 0 Å². The van der Waals surface area contributed by atoms with Gasteiger partial charge in [0.05, 0.1) is 16.9 Å². The first-order chi connectivity index (χ1) is 12.9. The van der Waals surface area contributed by atoms with E-state index >= 15 is 0 Å². The summed E-state index contributed by atoms with van der Waals surface area (Å²) in [4.78, 5) is 25.8. The molecule has 0 heterocycles. The van der Waals surface area contributed by atoms with Crippen LogP contribution in [0.5, 0.6) is 11.5 Å². The minimum absolute atomic E-state index is 0.0112. The Morgan fingerprint density at radius 1 is 0.815 bits per heavy atom. The molecule has 0 unspecified atom stereocenters. The van der Waals surface area contributed by atoms with Gasteiger partial charge in [-0.1, -0.05) is 12.1 Å². The zero-order valence-corrected chi connectivity index (χ0v) is 14.5. The lowest BCUT2D eigenvalue weighted by molar-refractivity contribution is 0.0695. The van der Waals surface area contributed by atoms with Crippen molar-refractivity contribution in [2.24, 2.45) is 0 Å². The van der Waals surface area contributed by atoms with Crippen molar-refractivity contribution in [2.45, 2.75) is 6.92 Å². The summed E-state index contributed by atoms with van der Waals surface area (Å²) >= 11 is 0. The number of rotatable bonds is 4. The van der Waals surface area contributed by atoms with E-state index in [1.807, 2.05) is 0 Å². The van der Waals surface area contributed by atoms with Crippen LogP contribution in [0.25, 0.3) is 0 Å². The molecule has 0 radical (unpaired) electrons. The quantitative estimate of drug-likeness (QED) is 0.649. The van der Waals surface area contributed by atoms with E-state index < -0.39 is 11.9 Å². The highest BCUT2D eigenvalue weighted by Gasteiger charge is 2.22. The van der Waals surface area contributed by atoms with Crippen LogP contribution in [-0.2, 0) is 0 Å². The van der Waals surface area contributed by atoms with Gasteiger partial charge in [0.2, 0.25) is 0 Å². The molecule has 0 aliphatic rings. The van der Waals surface area contributed by atoms with Crippen LogP contribution >= 0.6 is 0 Å². The van der Waals surface area contributed by atoms with Gasteiger partial charge in [-0.3, -0.25) is 9.69 Å². The molecule has 0 atom stereocenters. The molecule has 0 saturated carbocycles. The number of carbonyl (C=O) groups excluding carboxylic acids is 1. The standard InChI is InChI=1S/C21H17NO5/c1-13-10-14(8-9-19(13)21(26)27)20(25)22(15-4-2-6-17(23)11-15)16-5-3-7-18(24)12-16/h2-12,23-24H,1H3,(H,26,27). The summed E-state index contributed by atoms with van der Waals surface area (Å²) in [5.74, 6) is -1.51. The predicted octanol–water partition coefficient (Wildman–Crippen LogP) is 4.08. The summed E-state index contributed by atoms with van der Waals surface area (Å²) in [5.41, 5.74) is 1.67. The van der Waals surface area contributed by atoms with Crippen molar-refractivity contribution < 1.29 is 24.9 Å². The van der Waals surface area contributed by atoms with Gasteiger partial charge in [0.15, 0.2) is 0 Å². The molecule has 6 heteroatoms. The van der Waals surface area contributed by atoms with E-state index in [4.69, 9.17) is 0 Å². The molecule has 3 aromatic rings. The Bertz CT molecular complexity index is 983. The third kappa shape index (κ3) is 3.74. The number of carboxylic acids is 1. The molecule has 3 aromatic carbocycles. The molecular formula is C21H17NO5. The number of phenols is 2. The monoisotopic (exact) mass is 363 g/mol. The van der Waals surface area contributed by atoms with Gasteiger partial charge in [0.1, 0.15) is 11.5 Å². The SMILES string of the molecule is Cc1cc(C(=O)N(c2cccc(O)c2)c2cccc(O)c2)ccc1C(=O)O. The van der Waals surface area contributed by atoms with Gasteiger partial charge in [-0.2, -0.15) is 0 Å². The van der Waals surface area contributed by atoms with Crippen molar-refractivity contribution in [3.63, 3.8) is 0 Å². The molecule has 0 bridgehead atoms. The minimum atomic E-state index is -1.07. The first-order valence-corrected chi connectivity index (χ1v) is 8.13. The van der Waals surface area contributed by atoms with Crippen LogP contribution in [-0.4, -0.2) is 27.2 Å². The van der Waals surface area contributed by atoms with E-state index in [9.17, 15) is 24.9 Å². The number of aryl methyl sites for hydroxylation is 1. The van der Waals surface area contributed by atoms with Crippen LogP contribution in [0.2, 0.25) is 0 Å². The van der Waals surface area contributed by atoms with Crippen LogP contribution < -0.4 is 4.90 Å². The second kappa shape index (κ2) is 7.21. The lowest BCUT2D eigenvalue weighted by Gasteiger charge is -2.24. The van der Waals surface area contributed by atoms with Gasteiger partial charge in [-0.15, -0.1) is 0 Å². The highest BCUT2D eigenvalue weighted by Crippen LogP contribution is 2.32. The van der Waals surface area contributed by atoms with Crippen LogP contribution in [0.1, 0.15) is 26.3 Å². The third-order valence-corrected chi connectivity index (χ3v) is 4.08. The molecule has 3 rings (SSSR count). The lowest BCUT2D eigenvalue weighted by Crippen LogP contribution is -2.26. The second-order valence-corrected chi connectivity index (χ2v) is 6.02. The number of benzene rings is 3. The van der Waals surface area contributed by atoms with Crippen LogP contribution in [0.15, 0.2) is 66.7 Å². The van der Waals surface area contributed by atoms with Crippen molar-refractivity contribution in [1.29, 1.82) is 0 Å². The Morgan fingerprint density at radius 2 is 1.37 bits per heavy atom. The number of aromatic hydroxyl groups is 2. The molecule has 0 spiro atoms. The molecule has 0 aromatic heterocycles. The maximum absolute atomic E-state index is 13.2. The molecule has 6 nitrogen and oxygen atoms in total. The number of hydrogen-bond donors (Lipinski definition) is 3. The fourth-order valence-corrected chi connectivity index (χ4v) is 2.81. The first-order valence-electron chi connectivity index (χ1n) is 8.13. The van der Waals surface area contributed by atoms with Gasteiger partial charge in [-0.05, 0) is 55.0 Å². The van der Waals surface area contributed by atoms with Crippen LogP contribution in [0.3, 0.4) is 0 Å². The highest BCUT2D eigenvalue weighted by atomic mass is 16.4. The number of carboxylic acid groups (broad SMARTS) is 1. The average Bonchev–Trinajstić information content (AvgIpc) is 2.61. The summed E-state index contributed by atoms with van der Waals surface area (Å²) in [7, 11) is 0. The van der Waals surface area contributed by atoms with Crippen molar-refractivity contribution >= 4 is 23.3 Å². The van der Waals surface area contributed by atoms with E-state index in [0.29, 0.717) is 16.9 Å². The Hall–Kier alpha value is -3.80. The summed E-state index contributed by atoms with van der Waals surface area (Å²) < 4.78 is 0. The summed E-state index contributed by atoms with van der Waals surface area (Å²) in [5, 5.41) is 28.8. The zero-order chi connectivity index (χ0) is 19.6. The highest BCUT2D eigenvalue weighted by molar-refractivity contribution is 6.11. The molecular weight excluding hydrogens is 346 g/mol. The Labute approximate surface area is 155 Å². The zero-order valence-electron chi connectivity index (χ0n) is 14.5. The second-order valence-electron chi connectivity index (χ2n) is 6.02. The smallest absolute Gasteiger partial charge is 0.335 e. The molecule has 1 amide bonds. The van der Waals surface area contributed by atoms with Gasteiger partial charge in [-0.25, -0.2) is 4.79 Å². The number of aromatic carboxylic acids is 1. The molecule has 3 N–H and O–H groups in total. The Morgan fingerprint density at radius 3 is 1.81 bits per heavy atom. The minimum Gasteiger partial charge on any atom is -0.508 e. The molecule has 136 valence electrons.